The quantitative estimate of drug-likeness (QED) is 0.916. The number of benzene rings is 1. The summed E-state index contributed by atoms with van der Waals surface area (Å²) >= 11 is 1.91. The molecular formula is C17H21NO2S. The predicted octanol–water partition coefficient (Wildman–Crippen LogP) is 3.56. The van der Waals surface area contributed by atoms with Crippen LogP contribution in [0.2, 0.25) is 0 Å². The van der Waals surface area contributed by atoms with Gasteiger partial charge in [0, 0.05) is 9.75 Å². The number of methoxy groups -OCH3 is 2. The third-order valence-corrected chi connectivity index (χ3v) is 5.40. The molecule has 3 nitrogen and oxygen atoms in total. The Bertz CT molecular complexity index is 592. The molecule has 0 fully saturated rings. The fourth-order valence-electron chi connectivity index (χ4n) is 3.09. The maximum atomic E-state index is 5.55. The van der Waals surface area contributed by atoms with Crippen LogP contribution in [-0.2, 0) is 12.8 Å². The molecule has 0 saturated carbocycles. The normalized spacial score (nSPS) is 14.8. The van der Waals surface area contributed by atoms with Gasteiger partial charge in [-0.2, -0.15) is 0 Å². The number of ether oxygens (including phenoxy) is 2. The number of fused-ring (bicyclic) bond motifs is 1. The van der Waals surface area contributed by atoms with Crippen molar-refractivity contribution in [1.82, 2.24) is 5.32 Å². The van der Waals surface area contributed by atoms with Gasteiger partial charge >= 0.3 is 0 Å². The van der Waals surface area contributed by atoms with Crippen molar-refractivity contribution >= 4 is 11.3 Å². The Morgan fingerprint density at radius 1 is 1.14 bits per heavy atom. The van der Waals surface area contributed by atoms with E-state index in [1.807, 2.05) is 36.6 Å². The zero-order valence-corrected chi connectivity index (χ0v) is 13.5. The van der Waals surface area contributed by atoms with Crippen molar-refractivity contribution in [2.45, 2.75) is 25.3 Å². The lowest BCUT2D eigenvalue weighted by Crippen LogP contribution is -2.18. The Kier molecular flexibility index (Phi) is 4.17. The van der Waals surface area contributed by atoms with Crippen LogP contribution < -0.4 is 14.8 Å². The molecular weight excluding hydrogens is 282 g/mol. The second kappa shape index (κ2) is 6.08. The fraction of sp³-hybridized carbons (Fsp3) is 0.412. The zero-order chi connectivity index (χ0) is 14.8. The highest BCUT2D eigenvalue weighted by Gasteiger charge is 2.25. The molecule has 1 aromatic carbocycles. The van der Waals surface area contributed by atoms with Gasteiger partial charge in [0.25, 0.3) is 0 Å². The van der Waals surface area contributed by atoms with E-state index in [-0.39, 0.29) is 6.04 Å². The SMILES string of the molecule is CNC(c1cc2c(s1)CCC2)c1c(OC)cccc1OC. The Hall–Kier alpha value is -1.52. The van der Waals surface area contributed by atoms with Crippen LogP contribution >= 0.6 is 11.3 Å². The molecule has 0 radical (unpaired) electrons. The lowest BCUT2D eigenvalue weighted by atomic mass is 10.0. The number of hydrogen-bond acceptors (Lipinski definition) is 4. The average Bonchev–Trinajstić information content (AvgIpc) is 3.09. The number of aryl methyl sites for hydroxylation is 2. The van der Waals surface area contributed by atoms with Crippen LogP contribution in [0.25, 0.3) is 0 Å². The van der Waals surface area contributed by atoms with E-state index in [1.54, 1.807) is 19.1 Å². The number of hydrogen-bond donors (Lipinski definition) is 1. The fourth-order valence-corrected chi connectivity index (χ4v) is 4.47. The van der Waals surface area contributed by atoms with E-state index in [0.717, 1.165) is 17.1 Å². The molecule has 0 amide bonds. The molecule has 1 aromatic heterocycles. The minimum absolute atomic E-state index is 0.103. The number of nitrogens with one attached hydrogen (secondary N) is 1. The van der Waals surface area contributed by atoms with Gasteiger partial charge in [-0.05, 0) is 50.1 Å². The molecule has 0 spiro atoms. The summed E-state index contributed by atoms with van der Waals surface area (Å²) in [7, 11) is 5.40. The maximum absolute atomic E-state index is 5.55. The van der Waals surface area contributed by atoms with Crippen molar-refractivity contribution in [2.75, 3.05) is 21.3 Å². The first-order valence-electron chi connectivity index (χ1n) is 7.28. The van der Waals surface area contributed by atoms with Crippen LogP contribution in [0.15, 0.2) is 24.3 Å². The topological polar surface area (TPSA) is 30.5 Å². The molecule has 112 valence electrons. The van der Waals surface area contributed by atoms with Crippen molar-refractivity contribution in [3.63, 3.8) is 0 Å². The second-order valence-electron chi connectivity index (χ2n) is 5.25. The highest BCUT2D eigenvalue weighted by molar-refractivity contribution is 7.12. The second-order valence-corrected chi connectivity index (χ2v) is 6.42. The molecule has 1 heterocycles. The molecule has 1 N–H and O–H groups in total. The molecule has 2 aromatic rings. The first-order chi connectivity index (χ1) is 10.3. The van der Waals surface area contributed by atoms with Crippen molar-refractivity contribution in [2.24, 2.45) is 0 Å². The van der Waals surface area contributed by atoms with Crippen LogP contribution in [0.3, 0.4) is 0 Å². The van der Waals surface area contributed by atoms with Crippen LogP contribution in [0, 0.1) is 0 Å². The summed E-state index contributed by atoms with van der Waals surface area (Å²) in [4.78, 5) is 2.88. The molecule has 0 saturated heterocycles. The Morgan fingerprint density at radius 3 is 2.43 bits per heavy atom. The van der Waals surface area contributed by atoms with E-state index in [1.165, 1.54) is 29.7 Å². The Morgan fingerprint density at radius 2 is 1.86 bits per heavy atom. The summed E-state index contributed by atoms with van der Waals surface area (Å²) in [5.74, 6) is 1.73. The van der Waals surface area contributed by atoms with Gasteiger partial charge in [-0.15, -0.1) is 11.3 Å². The Balaban J connectivity index is 2.07. The van der Waals surface area contributed by atoms with Crippen LogP contribution in [0.5, 0.6) is 11.5 Å². The van der Waals surface area contributed by atoms with Crippen LogP contribution in [0.1, 0.15) is 33.3 Å². The maximum Gasteiger partial charge on any atom is 0.127 e. The number of rotatable bonds is 5. The van der Waals surface area contributed by atoms with E-state index < -0.39 is 0 Å². The predicted molar refractivity (Wildman–Crippen MR) is 86.8 cm³/mol. The largest absolute Gasteiger partial charge is 0.496 e. The highest BCUT2D eigenvalue weighted by atomic mass is 32.1. The molecule has 1 aliphatic carbocycles. The summed E-state index contributed by atoms with van der Waals surface area (Å²) in [6.07, 6.45) is 3.73. The lowest BCUT2D eigenvalue weighted by Gasteiger charge is -2.21. The van der Waals surface area contributed by atoms with Gasteiger partial charge in [-0.25, -0.2) is 0 Å². The molecule has 1 aliphatic rings. The first-order valence-corrected chi connectivity index (χ1v) is 8.09. The molecule has 4 heteroatoms. The minimum Gasteiger partial charge on any atom is -0.496 e. The molecule has 0 bridgehead atoms. The summed E-state index contributed by atoms with van der Waals surface area (Å²) in [5.41, 5.74) is 2.59. The first kappa shape index (κ1) is 14.4. The van der Waals surface area contributed by atoms with E-state index in [2.05, 4.69) is 11.4 Å². The summed E-state index contributed by atoms with van der Waals surface area (Å²) in [6, 6.07) is 8.39. The highest BCUT2D eigenvalue weighted by Crippen LogP contribution is 2.41. The molecule has 1 atom stereocenters. The van der Waals surface area contributed by atoms with Crippen molar-refractivity contribution in [3.8, 4) is 11.5 Å². The van der Waals surface area contributed by atoms with Crippen molar-refractivity contribution in [1.29, 1.82) is 0 Å². The third kappa shape index (κ3) is 2.54. The molecule has 21 heavy (non-hydrogen) atoms. The minimum atomic E-state index is 0.103. The van der Waals surface area contributed by atoms with E-state index in [0.29, 0.717) is 0 Å². The third-order valence-electron chi connectivity index (χ3n) is 4.09. The monoisotopic (exact) mass is 303 g/mol. The summed E-state index contributed by atoms with van der Waals surface area (Å²) in [5, 5.41) is 3.42. The van der Waals surface area contributed by atoms with Gasteiger partial charge in [0.2, 0.25) is 0 Å². The van der Waals surface area contributed by atoms with E-state index in [4.69, 9.17) is 9.47 Å². The van der Waals surface area contributed by atoms with Gasteiger partial charge in [-0.1, -0.05) is 6.07 Å². The lowest BCUT2D eigenvalue weighted by molar-refractivity contribution is 0.379. The molecule has 0 aliphatic heterocycles. The zero-order valence-electron chi connectivity index (χ0n) is 12.7. The number of thiophene rings is 1. The van der Waals surface area contributed by atoms with Gasteiger partial charge in [-0.3, -0.25) is 0 Å². The van der Waals surface area contributed by atoms with Gasteiger partial charge < -0.3 is 14.8 Å². The molecule has 3 rings (SSSR count). The van der Waals surface area contributed by atoms with Crippen LogP contribution in [-0.4, -0.2) is 21.3 Å². The smallest absolute Gasteiger partial charge is 0.127 e. The summed E-state index contributed by atoms with van der Waals surface area (Å²) < 4.78 is 11.1. The van der Waals surface area contributed by atoms with Crippen LogP contribution in [0.4, 0.5) is 0 Å². The van der Waals surface area contributed by atoms with Gasteiger partial charge in [0.15, 0.2) is 0 Å². The Labute approximate surface area is 129 Å². The van der Waals surface area contributed by atoms with Crippen molar-refractivity contribution in [3.05, 3.63) is 45.1 Å². The molecule has 1 unspecified atom stereocenters. The summed E-state index contributed by atoms with van der Waals surface area (Å²) in [6.45, 7) is 0. The standard InChI is InChI=1S/C17H21NO2S/c1-18-17(15-10-11-6-4-9-14(11)21-15)16-12(19-2)7-5-8-13(16)20-3/h5,7-8,10,17-18H,4,6,9H2,1-3H3. The average molecular weight is 303 g/mol. The van der Waals surface area contributed by atoms with E-state index in [9.17, 15) is 0 Å². The van der Waals surface area contributed by atoms with Crippen molar-refractivity contribution < 1.29 is 9.47 Å². The van der Waals surface area contributed by atoms with Gasteiger partial charge in [0.1, 0.15) is 11.5 Å². The van der Waals surface area contributed by atoms with E-state index >= 15 is 0 Å². The van der Waals surface area contributed by atoms with Gasteiger partial charge in [0.05, 0.1) is 25.8 Å².